The minimum absolute atomic E-state index is 0.0271. The maximum absolute atomic E-state index is 12.7. The van der Waals surface area contributed by atoms with Gasteiger partial charge in [-0.3, -0.25) is 14.1 Å². The number of para-hydroxylation sites is 1. The monoisotopic (exact) mass is 573 g/mol. The number of alkyl halides is 3. The second-order valence-corrected chi connectivity index (χ2v) is 10.4. The minimum atomic E-state index is -4.74. The molecule has 3 aromatic carbocycles. The minimum Gasteiger partial charge on any atom is -0.406 e. The predicted molar refractivity (Wildman–Crippen MR) is 156 cm³/mol. The van der Waals surface area contributed by atoms with Gasteiger partial charge in [-0.2, -0.15) is 5.10 Å². The van der Waals surface area contributed by atoms with Gasteiger partial charge in [-0.15, -0.1) is 18.3 Å². The highest BCUT2D eigenvalue weighted by Gasteiger charge is 2.32. The molecule has 1 saturated heterocycles. The molecule has 1 amide bonds. The van der Waals surface area contributed by atoms with E-state index in [1.54, 1.807) is 29.4 Å². The summed E-state index contributed by atoms with van der Waals surface area (Å²) in [5.74, 6) is 0.00278. The third-order valence-corrected chi connectivity index (χ3v) is 7.59. The van der Waals surface area contributed by atoms with Crippen LogP contribution in [0, 0.1) is 13.8 Å². The van der Waals surface area contributed by atoms with Crippen LogP contribution in [0.1, 0.15) is 16.7 Å². The van der Waals surface area contributed by atoms with Crippen LogP contribution in [0.25, 0.3) is 27.7 Å². The van der Waals surface area contributed by atoms with Gasteiger partial charge in [0.15, 0.2) is 5.17 Å². The molecule has 0 spiro atoms. The SMILES string of the molecule is Cc1cccc(C)c1N1C(=O)CS/C1=N\N=C\c1ccc2c(ccn3c(-c4ccc(OC(F)(F)F)cc4)cnc23)c1. The Bertz CT molecular complexity index is 1840. The van der Waals surface area contributed by atoms with Crippen molar-refractivity contribution in [2.75, 3.05) is 10.7 Å². The summed E-state index contributed by atoms with van der Waals surface area (Å²) in [5, 5.41) is 11.0. The van der Waals surface area contributed by atoms with Gasteiger partial charge in [-0.05, 0) is 78.4 Å². The van der Waals surface area contributed by atoms with Gasteiger partial charge in [0.1, 0.15) is 11.4 Å². The summed E-state index contributed by atoms with van der Waals surface area (Å²) in [6.45, 7) is 3.94. The lowest BCUT2D eigenvalue weighted by atomic mass is 10.1. The number of fused-ring (bicyclic) bond motifs is 3. The van der Waals surface area contributed by atoms with Gasteiger partial charge in [0.05, 0.1) is 29.5 Å². The van der Waals surface area contributed by atoms with Crippen LogP contribution in [0.3, 0.4) is 0 Å². The summed E-state index contributed by atoms with van der Waals surface area (Å²) in [4.78, 5) is 18.9. The number of hydrogen-bond acceptors (Lipinski definition) is 6. The van der Waals surface area contributed by atoms with Crippen molar-refractivity contribution >= 4 is 51.2 Å². The summed E-state index contributed by atoms with van der Waals surface area (Å²) >= 11 is 1.36. The second-order valence-electron chi connectivity index (χ2n) is 9.46. The number of aromatic nitrogens is 2. The smallest absolute Gasteiger partial charge is 0.406 e. The average molecular weight is 574 g/mol. The van der Waals surface area contributed by atoms with Crippen LogP contribution >= 0.6 is 11.8 Å². The van der Waals surface area contributed by atoms with E-state index in [2.05, 4.69) is 19.9 Å². The van der Waals surface area contributed by atoms with E-state index in [0.717, 1.165) is 38.8 Å². The van der Waals surface area contributed by atoms with Crippen molar-refractivity contribution in [2.24, 2.45) is 10.2 Å². The van der Waals surface area contributed by atoms with Gasteiger partial charge < -0.3 is 4.74 Å². The normalized spacial score (nSPS) is 15.2. The van der Waals surface area contributed by atoms with Crippen molar-refractivity contribution in [1.29, 1.82) is 0 Å². The standard InChI is InChI=1S/C30H22F3N5O2S/c1-18-4-3-5-19(2)27(18)38-26(39)17-41-29(38)36-35-15-20-6-11-24-22(14-20)12-13-37-25(16-34-28(24)37)21-7-9-23(10-8-21)40-30(31,32)33/h3-16H,17H2,1-2H3/b35-15+,36-29-. The zero-order valence-electron chi connectivity index (χ0n) is 21.9. The number of ether oxygens (including phenoxy) is 1. The van der Waals surface area contributed by atoms with E-state index in [4.69, 9.17) is 0 Å². The first-order valence-corrected chi connectivity index (χ1v) is 13.6. The highest BCUT2D eigenvalue weighted by atomic mass is 32.2. The Morgan fingerprint density at radius 3 is 2.51 bits per heavy atom. The summed E-state index contributed by atoms with van der Waals surface area (Å²) in [7, 11) is 0. The number of hydrogen-bond donors (Lipinski definition) is 0. The van der Waals surface area contributed by atoms with E-state index >= 15 is 0 Å². The summed E-state index contributed by atoms with van der Waals surface area (Å²) in [5.41, 5.74) is 5.80. The molecule has 0 radical (unpaired) electrons. The van der Waals surface area contributed by atoms with Crippen LogP contribution in [-0.2, 0) is 4.79 Å². The van der Waals surface area contributed by atoms with Crippen LogP contribution < -0.4 is 9.64 Å². The van der Waals surface area contributed by atoms with Crippen molar-refractivity contribution in [1.82, 2.24) is 9.38 Å². The fraction of sp³-hybridized carbons (Fsp3) is 0.133. The molecule has 0 bridgehead atoms. The Labute approximate surface area is 237 Å². The number of imidazole rings is 1. The quantitative estimate of drug-likeness (QED) is 0.166. The van der Waals surface area contributed by atoms with Gasteiger partial charge in [0, 0.05) is 17.1 Å². The summed E-state index contributed by atoms with van der Waals surface area (Å²) in [6.07, 6.45) is 0.451. The Morgan fingerprint density at radius 2 is 1.78 bits per heavy atom. The molecule has 1 fully saturated rings. The maximum Gasteiger partial charge on any atom is 0.573 e. The van der Waals surface area contributed by atoms with Crippen molar-refractivity contribution in [3.05, 3.63) is 95.8 Å². The van der Waals surface area contributed by atoms with Gasteiger partial charge in [0.2, 0.25) is 5.91 Å². The number of rotatable bonds is 5. The number of anilines is 1. The highest BCUT2D eigenvalue weighted by Crippen LogP contribution is 2.32. The molecule has 0 aliphatic carbocycles. The van der Waals surface area contributed by atoms with E-state index in [9.17, 15) is 18.0 Å². The number of carbonyl (C=O) groups excluding carboxylic acids is 1. The summed E-state index contributed by atoms with van der Waals surface area (Å²) < 4.78 is 43.3. The second kappa shape index (κ2) is 10.4. The van der Waals surface area contributed by atoms with E-state index in [0.29, 0.717) is 22.1 Å². The number of carbonyl (C=O) groups is 1. The van der Waals surface area contributed by atoms with Crippen molar-refractivity contribution in [3.8, 4) is 17.0 Å². The topological polar surface area (TPSA) is 71.6 Å². The number of amides is 1. The zero-order chi connectivity index (χ0) is 28.7. The Kier molecular flexibility index (Phi) is 6.74. The van der Waals surface area contributed by atoms with Gasteiger partial charge in [-0.1, -0.05) is 36.0 Å². The molecule has 41 heavy (non-hydrogen) atoms. The Balaban J connectivity index is 1.26. The van der Waals surface area contributed by atoms with E-state index < -0.39 is 6.36 Å². The molecule has 1 aliphatic heterocycles. The van der Waals surface area contributed by atoms with Gasteiger partial charge in [-0.25, -0.2) is 4.98 Å². The lowest BCUT2D eigenvalue weighted by Gasteiger charge is -2.20. The molecule has 7 nitrogen and oxygen atoms in total. The van der Waals surface area contributed by atoms with E-state index in [1.807, 2.05) is 66.9 Å². The molecule has 2 aromatic heterocycles. The van der Waals surface area contributed by atoms with Crippen LogP contribution in [0.15, 0.2) is 89.3 Å². The Hall–Kier alpha value is -4.64. The zero-order valence-corrected chi connectivity index (χ0v) is 22.7. The highest BCUT2D eigenvalue weighted by molar-refractivity contribution is 8.15. The maximum atomic E-state index is 12.7. The number of aryl methyl sites for hydroxylation is 2. The number of amidine groups is 1. The fourth-order valence-corrected chi connectivity index (χ4v) is 5.68. The molecule has 11 heteroatoms. The van der Waals surface area contributed by atoms with Gasteiger partial charge in [0.25, 0.3) is 0 Å². The molecule has 0 unspecified atom stereocenters. The number of thioether (sulfide) groups is 1. The average Bonchev–Trinajstić information content (AvgIpc) is 3.52. The molecular weight excluding hydrogens is 551 g/mol. The molecular formula is C30H22F3N5O2S. The van der Waals surface area contributed by atoms with Crippen molar-refractivity contribution in [2.45, 2.75) is 20.2 Å². The van der Waals surface area contributed by atoms with Crippen LogP contribution in [0.4, 0.5) is 18.9 Å². The molecule has 5 aromatic rings. The number of pyridine rings is 1. The van der Waals surface area contributed by atoms with Crippen molar-refractivity contribution < 1.29 is 22.7 Å². The largest absolute Gasteiger partial charge is 0.573 e. The van der Waals surface area contributed by atoms with Crippen LogP contribution in [0.2, 0.25) is 0 Å². The third-order valence-electron chi connectivity index (χ3n) is 6.68. The molecule has 1 aliphatic rings. The van der Waals surface area contributed by atoms with E-state index in [1.165, 1.54) is 23.9 Å². The lowest BCUT2D eigenvalue weighted by molar-refractivity contribution is -0.274. The first-order chi connectivity index (χ1) is 19.7. The molecule has 0 saturated carbocycles. The summed E-state index contributed by atoms with van der Waals surface area (Å²) in [6, 6.07) is 19.3. The molecule has 3 heterocycles. The van der Waals surface area contributed by atoms with Gasteiger partial charge >= 0.3 is 6.36 Å². The van der Waals surface area contributed by atoms with E-state index in [-0.39, 0.29) is 11.7 Å². The van der Waals surface area contributed by atoms with Crippen molar-refractivity contribution in [3.63, 3.8) is 0 Å². The number of nitrogens with zero attached hydrogens (tertiary/aromatic N) is 5. The molecule has 6 rings (SSSR count). The first-order valence-electron chi connectivity index (χ1n) is 12.6. The Morgan fingerprint density at radius 1 is 1.02 bits per heavy atom. The predicted octanol–water partition coefficient (Wildman–Crippen LogP) is 7.14. The number of halogens is 3. The lowest BCUT2D eigenvalue weighted by Crippen LogP contribution is -2.30. The van der Waals surface area contributed by atoms with Crippen LogP contribution in [-0.4, -0.2) is 38.8 Å². The first kappa shape index (κ1) is 26.6. The molecule has 0 N–H and O–H groups in total. The fourth-order valence-electron chi connectivity index (χ4n) is 4.87. The van der Waals surface area contributed by atoms with Crippen LogP contribution in [0.5, 0.6) is 5.75 Å². The molecule has 0 atom stereocenters. The third kappa shape index (κ3) is 5.28. The molecule has 206 valence electrons. The number of benzene rings is 3.